The first-order valence-electron chi connectivity index (χ1n) is 9.93. The van der Waals surface area contributed by atoms with E-state index in [0.717, 1.165) is 16.8 Å². The van der Waals surface area contributed by atoms with Crippen LogP contribution in [-0.2, 0) is 9.53 Å². The van der Waals surface area contributed by atoms with E-state index >= 15 is 0 Å². The molecule has 6 heteroatoms. The number of anilines is 1. The van der Waals surface area contributed by atoms with E-state index in [1.165, 1.54) is 6.07 Å². The van der Waals surface area contributed by atoms with Crippen LogP contribution in [0.4, 0.5) is 5.69 Å². The number of para-hydroxylation sites is 2. The molecule has 0 spiro atoms. The van der Waals surface area contributed by atoms with Crippen molar-refractivity contribution in [2.24, 2.45) is 0 Å². The molecule has 0 radical (unpaired) electrons. The van der Waals surface area contributed by atoms with Gasteiger partial charge in [0.15, 0.2) is 6.61 Å². The third-order valence-electron chi connectivity index (χ3n) is 4.88. The zero-order chi connectivity index (χ0) is 21.8. The van der Waals surface area contributed by atoms with E-state index in [1.54, 1.807) is 18.2 Å². The van der Waals surface area contributed by atoms with Gasteiger partial charge in [-0.2, -0.15) is 0 Å². The molecule has 1 amide bonds. The number of nitrogens with one attached hydrogen (secondary N) is 1. The number of carbonyl (C=O) groups is 2. The molecule has 0 aliphatic carbocycles. The van der Waals surface area contributed by atoms with E-state index < -0.39 is 12.6 Å². The van der Waals surface area contributed by atoms with Gasteiger partial charge >= 0.3 is 5.97 Å². The Labute approximate surface area is 181 Å². The van der Waals surface area contributed by atoms with E-state index in [9.17, 15) is 9.59 Å². The summed E-state index contributed by atoms with van der Waals surface area (Å²) in [6, 6.07) is 14.6. The number of pyridine rings is 1. The van der Waals surface area contributed by atoms with Gasteiger partial charge in [0, 0.05) is 11.1 Å². The van der Waals surface area contributed by atoms with Crippen molar-refractivity contribution >= 4 is 40.1 Å². The highest BCUT2D eigenvalue weighted by molar-refractivity contribution is 6.30. The number of benzene rings is 2. The Morgan fingerprint density at radius 3 is 2.27 bits per heavy atom. The summed E-state index contributed by atoms with van der Waals surface area (Å²) in [7, 11) is 0. The van der Waals surface area contributed by atoms with Gasteiger partial charge in [-0.1, -0.05) is 75.7 Å². The lowest BCUT2D eigenvalue weighted by molar-refractivity contribution is -0.119. The topological polar surface area (TPSA) is 68.3 Å². The minimum absolute atomic E-state index is 0.192. The standard InChI is InChI=1S/C24H25ClN2O3/c1-14(2)16-9-7-10-17(15(3)4)23(16)27-22(28)13-30-24(29)19-12-21(25)26-20-11-6-5-8-18(19)20/h5-12,14-15H,13H2,1-4H3,(H,27,28). The first-order valence-corrected chi connectivity index (χ1v) is 10.3. The lowest BCUT2D eigenvalue weighted by Gasteiger charge is -2.20. The molecule has 0 fully saturated rings. The minimum atomic E-state index is -0.619. The van der Waals surface area contributed by atoms with Gasteiger partial charge in [-0.05, 0) is 35.1 Å². The number of halogens is 1. The summed E-state index contributed by atoms with van der Waals surface area (Å²) in [6.07, 6.45) is 0. The van der Waals surface area contributed by atoms with Crippen LogP contribution in [0.3, 0.4) is 0 Å². The fourth-order valence-electron chi connectivity index (χ4n) is 3.39. The Bertz CT molecular complexity index is 1070. The summed E-state index contributed by atoms with van der Waals surface area (Å²) in [6.45, 7) is 7.92. The molecule has 3 rings (SSSR count). The molecule has 0 bridgehead atoms. The third-order valence-corrected chi connectivity index (χ3v) is 5.07. The summed E-state index contributed by atoms with van der Waals surface area (Å²) in [5, 5.41) is 3.76. The number of carbonyl (C=O) groups excluding carboxylic acids is 2. The highest BCUT2D eigenvalue weighted by Gasteiger charge is 2.18. The van der Waals surface area contributed by atoms with Crippen molar-refractivity contribution in [3.63, 3.8) is 0 Å². The van der Waals surface area contributed by atoms with Crippen molar-refractivity contribution in [3.05, 3.63) is 70.4 Å². The number of nitrogens with zero attached hydrogens (tertiary/aromatic N) is 1. The highest BCUT2D eigenvalue weighted by atomic mass is 35.5. The Balaban J connectivity index is 1.77. The number of rotatable bonds is 6. The van der Waals surface area contributed by atoms with Gasteiger partial charge in [-0.25, -0.2) is 9.78 Å². The first-order chi connectivity index (χ1) is 14.3. The smallest absolute Gasteiger partial charge is 0.339 e. The van der Waals surface area contributed by atoms with Crippen LogP contribution < -0.4 is 5.32 Å². The number of amides is 1. The molecule has 30 heavy (non-hydrogen) atoms. The molecule has 0 unspecified atom stereocenters. The van der Waals surface area contributed by atoms with Crippen molar-refractivity contribution in [2.45, 2.75) is 39.5 Å². The Hall–Kier alpha value is -2.92. The second-order valence-electron chi connectivity index (χ2n) is 7.75. The van der Waals surface area contributed by atoms with Gasteiger partial charge in [0.1, 0.15) is 5.15 Å². The van der Waals surface area contributed by atoms with Crippen molar-refractivity contribution in [3.8, 4) is 0 Å². The largest absolute Gasteiger partial charge is 0.452 e. The van der Waals surface area contributed by atoms with Crippen LogP contribution >= 0.6 is 11.6 Å². The SMILES string of the molecule is CC(C)c1cccc(C(C)C)c1NC(=O)COC(=O)c1cc(Cl)nc2ccccc12. The molecular formula is C24H25ClN2O3. The molecule has 0 aliphatic rings. The second-order valence-corrected chi connectivity index (χ2v) is 8.14. The molecule has 0 saturated carbocycles. The molecule has 0 atom stereocenters. The average Bonchev–Trinajstić information content (AvgIpc) is 2.71. The number of fused-ring (bicyclic) bond motifs is 1. The summed E-state index contributed by atoms with van der Waals surface area (Å²) in [5.41, 5.74) is 3.76. The van der Waals surface area contributed by atoms with Crippen LogP contribution in [0.5, 0.6) is 0 Å². The van der Waals surface area contributed by atoms with Crippen LogP contribution in [0, 0.1) is 0 Å². The lowest BCUT2D eigenvalue weighted by atomic mass is 9.92. The molecule has 1 aromatic heterocycles. The summed E-state index contributed by atoms with van der Waals surface area (Å²) >= 11 is 6.03. The summed E-state index contributed by atoms with van der Waals surface area (Å²) in [4.78, 5) is 29.4. The summed E-state index contributed by atoms with van der Waals surface area (Å²) < 4.78 is 5.29. The molecule has 5 nitrogen and oxygen atoms in total. The molecule has 1 heterocycles. The summed E-state index contributed by atoms with van der Waals surface area (Å²) in [5.74, 6) is -0.520. The van der Waals surface area contributed by atoms with E-state index in [2.05, 4.69) is 38.0 Å². The van der Waals surface area contributed by atoms with Gasteiger partial charge in [0.25, 0.3) is 5.91 Å². The first kappa shape index (κ1) is 21.8. The maximum atomic E-state index is 12.6. The minimum Gasteiger partial charge on any atom is -0.452 e. The van der Waals surface area contributed by atoms with Crippen molar-refractivity contribution in [1.82, 2.24) is 4.98 Å². The van der Waals surface area contributed by atoms with E-state index in [-0.39, 0.29) is 28.5 Å². The number of hydrogen-bond donors (Lipinski definition) is 1. The molecule has 3 aromatic rings. The van der Waals surface area contributed by atoms with Crippen molar-refractivity contribution in [1.29, 1.82) is 0 Å². The van der Waals surface area contributed by atoms with E-state index in [1.807, 2.05) is 24.3 Å². The Kier molecular flexibility index (Phi) is 6.73. The predicted octanol–water partition coefficient (Wildman–Crippen LogP) is 5.93. The second kappa shape index (κ2) is 9.26. The van der Waals surface area contributed by atoms with E-state index in [4.69, 9.17) is 16.3 Å². The average molecular weight is 425 g/mol. The zero-order valence-electron chi connectivity index (χ0n) is 17.5. The zero-order valence-corrected chi connectivity index (χ0v) is 18.3. The fourth-order valence-corrected chi connectivity index (χ4v) is 3.59. The van der Waals surface area contributed by atoms with Crippen LogP contribution in [0.1, 0.15) is 61.0 Å². The van der Waals surface area contributed by atoms with Crippen LogP contribution in [0.2, 0.25) is 5.15 Å². The predicted molar refractivity (Wildman–Crippen MR) is 120 cm³/mol. The molecule has 156 valence electrons. The number of hydrogen-bond acceptors (Lipinski definition) is 4. The van der Waals surface area contributed by atoms with Crippen molar-refractivity contribution < 1.29 is 14.3 Å². The Morgan fingerprint density at radius 1 is 1.00 bits per heavy atom. The molecule has 1 N–H and O–H groups in total. The number of aromatic nitrogens is 1. The highest BCUT2D eigenvalue weighted by Crippen LogP contribution is 2.32. The monoisotopic (exact) mass is 424 g/mol. The molecular weight excluding hydrogens is 400 g/mol. The quantitative estimate of drug-likeness (QED) is 0.393. The number of ether oxygens (including phenoxy) is 1. The fraction of sp³-hybridized carbons (Fsp3) is 0.292. The third kappa shape index (κ3) is 4.79. The van der Waals surface area contributed by atoms with Gasteiger partial charge in [0.2, 0.25) is 0 Å². The molecule has 2 aromatic carbocycles. The van der Waals surface area contributed by atoms with Crippen LogP contribution in [-0.4, -0.2) is 23.5 Å². The lowest BCUT2D eigenvalue weighted by Crippen LogP contribution is -2.23. The van der Waals surface area contributed by atoms with Crippen molar-refractivity contribution in [2.75, 3.05) is 11.9 Å². The molecule has 0 aliphatic heterocycles. The van der Waals surface area contributed by atoms with Gasteiger partial charge < -0.3 is 10.1 Å². The number of esters is 1. The normalized spacial score (nSPS) is 11.2. The van der Waals surface area contributed by atoms with E-state index in [0.29, 0.717) is 10.9 Å². The van der Waals surface area contributed by atoms with Gasteiger partial charge in [-0.15, -0.1) is 0 Å². The van der Waals surface area contributed by atoms with Crippen LogP contribution in [0.15, 0.2) is 48.5 Å². The van der Waals surface area contributed by atoms with Gasteiger partial charge in [-0.3, -0.25) is 4.79 Å². The molecule has 0 saturated heterocycles. The van der Waals surface area contributed by atoms with Crippen LogP contribution in [0.25, 0.3) is 10.9 Å². The maximum absolute atomic E-state index is 12.6. The maximum Gasteiger partial charge on any atom is 0.339 e. The van der Waals surface area contributed by atoms with Gasteiger partial charge in [0.05, 0.1) is 11.1 Å². The Morgan fingerprint density at radius 2 is 1.63 bits per heavy atom.